The molecule has 0 aliphatic carbocycles. The number of aromatic nitrogens is 5. The first-order valence-corrected chi connectivity index (χ1v) is 11.4. The highest BCUT2D eigenvalue weighted by Crippen LogP contribution is 2.28. The zero-order chi connectivity index (χ0) is 24.7. The number of aryl methyl sites for hydroxylation is 2. The summed E-state index contributed by atoms with van der Waals surface area (Å²) in [5, 5.41) is 7.78. The van der Waals surface area contributed by atoms with E-state index in [0.717, 1.165) is 33.5 Å². The van der Waals surface area contributed by atoms with Gasteiger partial charge < -0.3 is 16.0 Å². The number of nitrogens with one attached hydrogen (secondary N) is 2. The molecule has 0 saturated heterocycles. The molecule has 0 spiro atoms. The van der Waals surface area contributed by atoms with Gasteiger partial charge in [0.05, 0.1) is 22.3 Å². The molecule has 9 nitrogen and oxygen atoms in total. The van der Waals surface area contributed by atoms with Gasteiger partial charge in [0.1, 0.15) is 11.4 Å². The number of nitrogens with zero attached hydrogens (tertiary/aromatic N) is 4. The molecule has 0 bridgehead atoms. The number of hydrogen-bond acceptors (Lipinski definition) is 5. The number of H-pyrrole nitrogens is 1. The summed E-state index contributed by atoms with van der Waals surface area (Å²) in [6.07, 6.45) is 2.14. The maximum absolute atomic E-state index is 12.7. The lowest BCUT2D eigenvalue weighted by Gasteiger charge is -2.11. The fourth-order valence-corrected chi connectivity index (χ4v) is 4.40. The number of anilines is 1. The van der Waals surface area contributed by atoms with E-state index < -0.39 is 5.91 Å². The number of fused-ring (bicyclic) bond motifs is 2. The van der Waals surface area contributed by atoms with Gasteiger partial charge in [-0.05, 0) is 56.2 Å². The topological polar surface area (TPSA) is 131 Å². The number of benzene rings is 2. The van der Waals surface area contributed by atoms with Crippen molar-refractivity contribution in [3.63, 3.8) is 0 Å². The van der Waals surface area contributed by atoms with Crippen molar-refractivity contribution in [1.29, 1.82) is 0 Å². The maximum Gasteiger partial charge on any atom is 0.254 e. The normalized spacial score (nSPS) is 11.3. The lowest BCUT2D eigenvalue weighted by molar-refractivity contribution is -0.116. The Morgan fingerprint density at radius 3 is 2.71 bits per heavy atom. The van der Waals surface area contributed by atoms with Crippen LogP contribution < -0.4 is 11.1 Å². The lowest BCUT2D eigenvalue weighted by atomic mass is 10.1. The van der Waals surface area contributed by atoms with Crippen LogP contribution in [0.2, 0.25) is 5.02 Å². The van der Waals surface area contributed by atoms with Crippen molar-refractivity contribution in [3.8, 4) is 11.4 Å². The fraction of sp³-hybridized carbons (Fsp3) is 0.160. The van der Waals surface area contributed by atoms with Crippen molar-refractivity contribution in [2.45, 2.75) is 26.7 Å². The average molecular weight is 488 g/mol. The molecule has 4 N–H and O–H groups in total. The van der Waals surface area contributed by atoms with Crippen LogP contribution in [-0.4, -0.2) is 36.4 Å². The van der Waals surface area contributed by atoms with Crippen LogP contribution >= 0.6 is 11.6 Å². The van der Waals surface area contributed by atoms with Crippen LogP contribution in [0.25, 0.3) is 28.1 Å². The first-order chi connectivity index (χ1) is 16.8. The molecular weight excluding hydrogens is 466 g/mol. The largest absolute Gasteiger partial charge is 0.365 e. The fourth-order valence-electron chi connectivity index (χ4n) is 4.18. The van der Waals surface area contributed by atoms with E-state index in [4.69, 9.17) is 17.3 Å². The molecular formula is C25H22ClN7O2. The molecule has 10 heteroatoms. The minimum atomic E-state index is -0.577. The summed E-state index contributed by atoms with van der Waals surface area (Å²) in [4.78, 5) is 36.7. The van der Waals surface area contributed by atoms with Crippen LogP contribution in [0, 0.1) is 13.8 Å². The number of hydrogen-bond donors (Lipinski definition) is 3. The van der Waals surface area contributed by atoms with Crippen LogP contribution in [0.5, 0.6) is 0 Å². The van der Waals surface area contributed by atoms with E-state index >= 15 is 0 Å². The van der Waals surface area contributed by atoms with Crippen LogP contribution in [0.1, 0.15) is 33.7 Å². The van der Waals surface area contributed by atoms with Crippen molar-refractivity contribution < 1.29 is 9.59 Å². The highest BCUT2D eigenvalue weighted by atomic mass is 35.5. The van der Waals surface area contributed by atoms with Crippen LogP contribution in [0.3, 0.4) is 0 Å². The van der Waals surface area contributed by atoms with Crippen molar-refractivity contribution >= 4 is 45.8 Å². The molecule has 3 heterocycles. The molecule has 5 rings (SSSR count). The number of imidazole rings is 1. The molecule has 2 aromatic carbocycles. The summed E-state index contributed by atoms with van der Waals surface area (Å²) in [7, 11) is 0. The third kappa shape index (κ3) is 4.22. The summed E-state index contributed by atoms with van der Waals surface area (Å²) in [5.74, 6) is -0.0416. The molecule has 0 radical (unpaired) electrons. The van der Waals surface area contributed by atoms with Crippen LogP contribution in [-0.2, 0) is 11.2 Å². The number of halogens is 1. The Kier molecular flexibility index (Phi) is 5.70. The molecule has 176 valence electrons. The summed E-state index contributed by atoms with van der Waals surface area (Å²) in [5.41, 5.74) is 11.6. The lowest BCUT2D eigenvalue weighted by Crippen LogP contribution is -2.15. The Labute approximate surface area is 205 Å². The minimum absolute atomic E-state index is 0.132. The van der Waals surface area contributed by atoms with Gasteiger partial charge in [0, 0.05) is 29.1 Å². The van der Waals surface area contributed by atoms with Crippen molar-refractivity contribution in [3.05, 3.63) is 76.2 Å². The van der Waals surface area contributed by atoms with Crippen molar-refractivity contribution in [2.24, 2.45) is 5.73 Å². The summed E-state index contributed by atoms with van der Waals surface area (Å²) < 4.78 is 1.59. The second-order valence-corrected chi connectivity index (χ2v) is 8.67. The SMILES string of the molecule is Cc1nc2c(C(N)=O)cnn2c(C)c1CCC(=O)Nc1ccc2nc(-c3ccccc3Cl)[nH]c2c1. The Hall–Kier alpha value is -4.24. The predicted octanol–water partition coefficient (Wildman–Crippen LogP) is 4.21. The summed E-state index contributed by atoms with van der Waals surface area (Å²) in [6.45, 7) is 3.73. The smallest absolute Gasteiger partial charge is 0.254 e. The predicted molar refractivity (Wildman–Crippen MR) is 134 cm³/mol. The number of carbonyl (C=O) groups excluding carboxylic acids is 2. The first kappa shape index (κ1) is 22.5. The van der Waals surface area contributed by atoms with Gasteiger partial charge in [-0.15, -0.1) is 0 Å². The van der Waals surface area contributed by atoms with E-state index in [1.807, 2.05) is 56.3 Å². The van der Waals surface area contributed by atoms with E-state index in [2.05, 4.69) is 25.4 Å². The van der Waals surface area contributed by atoms with Gasteiger partial charge in [-0.3, -0.25) is 9.59 Å². The highest BCUT2D eigenvalue weighted by molar-refractivity contribution is 6.33. The molecule has 0 aliphatic heterocycles. The Morgan fingerprint density at radius 2 is 1.94 bits per heavy atom. The second kappa shape index (κ2) is 8.84. The van der Waals surface area contributed by atoms with Crippen molar-refractivity contribution in [2.75, 3.05) is 5.32 Å². The van der Waals surface area contributed by atoms with E-state index in [0.29, 0.717) is 28.6 Å². The number of carbonyl (C=O) groups is 2. The molecule has 0 unspecified atom stereocenters. The molecule has 0 saturated carbocycles. The highest BCUT2D eigenvalue weighted by Gasteiger charge is 2.17. The minimum Gasteiger partial charge on any atom is -0.365 e. The van der Waals surface area contributed by atoms with Crippen LogP contribution in [0.15, 0.2) is 48.7 Å². The summed E-state index contributed by atoms with van der Waals surface area (Å²) >= 11 is 6.29. The monoisotopic (exact) mass is 487 g/mol. The van der Waals surface area contributed by atoms with Crippen LogP contribution in [0.4, 0.5) is 5.69 Å². The first-order valence-electron chi connectivity index (χ1n) is 11.0. The van der Waals surface area contributed by atoms with Gasteiger partial charge in [0.25, 0.3) is 5.91 Å². The van der Waals surface area contributed by atoms with Gasteiger partial charge >= 0.3 is 0 Å². The number of rotatable bonds is 6. The van der Waals surface area contributed by atoms with E-state index in [1.54, 1.807) is 4.52 Å². The number of nitrogens with two attached hydrogens (primary N) is 1. The van der Waals surface area contributed by atoms with E-state index in [1.165, 1.54) is 6.20 Å². The standard InChI is InChI=1S/C25H22ClN7O2/c1-13-16(14(2)33-25(29-13)18(12-28-33)23(27)35)8-10-22(34)30-15-7-9-20-21(11-15)32-24(31-20)17-5-3-4-6-19(17)26/h3-7,9,11-12H,8,10H2,1-2H3,(H2,27,35)(H,30,34)(H,31,32). The van der Waals surface area contributed by atoms with Gasteiger partial charge in [-0.1, -0.05) is 23.7 Å². The molecule has 3 aromatic heterocycles. The molecule has 35 heavy (non-hydrogen) atoms. The Bertz CT molecular complexity index is 1620. The van der Waals surface area contributed by atoms with E-state index in [9.17, 15) is 9.59 Å². The summed E-state index contributed by atoms with van der Waals surface area (Å²) in [6, 6.07) is 13.0. The second-order valence-electron chi connectivity index (χ2n) is 8.26. The molecule has 2 amide bonds. The van der Waals surface area contributed by atoms with Gasteiger partial charge in [-0.25, -0.2) is 14.5 Å². The number of amides is 2. The average Bonchev–Trinajstić information content (AvgIpc) is 3.43. The van der Waals surface area contributed by atoms with Crippen molar-refractivity contribution in [1.82, 2.24) is 24.6 Å². The zero-order valence-corrected chi connectivity index (χ0v) is 19.8. The van der Waals surface area contributed by atoms with Gasteiger partial charge in [0.15, 0.2) is 5.65 Å². The maximum atomic E-state index is 12.7. The zero-order valence-electron chi connectivity index (χ0n) is 19.1. The van der Waals surface area contributed by atoms with E-state index in [-0.39, 0.29) is 17.9 Å². The quantitative estimate of drug-likeness (QED) is 0.330. The van der Waals surface area contributed by atoms with Gasteiger partial charge in [0.2, 0.25) is 5.91 Å². The molecule has 0 atom stereocenters. The third-order valence-electron chi connectivity index (χ3n) is 5.97. The Balaban J connectivity index is 1.31. The molecule has 0 fully saturated rings. The van der Waals surface area contributed by atoms with Gasteiger partial charge in [-0.2, -0.15) is 5.10 Å². The number of aromatic amines is 1. The molecule has 5 aromatic rings. The number of primary amides is 1. The Morgan fingerprint density at radius 1 is 1.14 bits per heavy atom. The molecule has 0 aliphatic rings. The third-order valence-corrected chi connectivity index (χ3v) is 6.30.